The third-order valence-electron chi connectivity index (χ3n) is 3.28. The molecule has 0 aliphatic heterocycles. The highest BCUT2D eigenvalue weighted by Gasteiger charge is 2.13. The van der Waals surface area contributed by atoms with E-state index in [-0.39, 0.29) is 6.04 Å². The number of nitrogens with one attached hydrogen (secondary N) is 1. The van der Waals surface area contributed by atoms with E-state index in [4.69, 9.17) is 0 Å². The van der Waals surface area contributed by atoms with Crippen molar-refractivity contribution in [2.75, 3.05) is 7.05 Å². The molecule has 0 spiro atoms. The Bertz CT molecular complexity index is 497. The van der Waals surface area contributed by atoms with Gasteiger partial charge < -0.3 is 5.32 Å². The molecule has 3 nitrogen and oxygen atoms in total. The first-order valence-electron chi connectivity index (χ1n) is 6.37. The lowest BCUT2D eigenvalue weighted by atomic mass is 9.97. The summed E-state index contributed by atoms with van der Waals surface area (Å²) in [4.78, 5) is 0. The molecule has 1 aromatic heterocycles. The Morgan fingerprint density at radius 1 is 1.06 bits per heavy atom. The van der Waals surface area contributed by atoms with Gasteiger partial charge in [0.15, 0.2) is 0 Å². The highest BCUT2D eigenvalue weighted by atomic mass is 15.2. The molecule has 2 rings (SSSR count). The number of hydrogen-bond donors (Lipinski definition) is 1. The van der Waals surface area contributed by atoms with E-state index in [1.807, 2.05) is 25.0 Å². The Labute approximate surface area is 109 Å². The van der Waals surface area contributed by atoms with Crippen LogP contribution in [0, 0.1) is 0 Å². The van der Waals surface area contributed by atoms with E-state index < -0.39 is 0 Å². The second-order valence-electron chi connectivity index (χ2n) is 4.99. The SMILES string of the molecule is CNC(c1ccc(C(C)C)cc1)c1cnn(C)c1. The van der Waals surface area contributed by atoms with E-state index in [2.05, 4.69) is 54.7 Å². The van der Waals surface area contributed by atoms with Gasteiger partial charge in [-0.25, -0.2) is 0 Å². The highest BCUT2D eigenvalue weighted by molar-refractivity contribution is 5.32. The molecule has 96 valence electrons. The minimum Gasteiger partial charge on any atom is -0.309 e. The highest BCUT2D eigenvalue weighted by Crippen LogP contribution is 2.23. The van der Waals surface area contributed by atoms with Crippen molar-refractivity contribution in [3.8, 4) is 0 Å². The quantitative estimate of drug-likeness (QED) is 0.895. The zero-order chi connectivity index (χ0) is 13.1. The van der Waals surface area contributed by atoms with Crippen LogP contribution in [-0.2, 0) is 7.05 Å². The standard InChI is InChI=1S/C15H21N3/c1-11(2)12-5-7-13(8-6-12)15(16-3)14-9-17-18(4)10-14/h5-11,15-16H,1-4H3. The van der Waals surface area contributed by atoms with Crippen LogP contribution in [-0.4, -0.2) is 16.8 Å². The average molecular weight is 243 g/mol. The molecular formula is C15H21N3. The first-order valence-corrected chi connectivity index (χ1v) is 6.37. The number of hydrogen-bond acceptors (Lipinski definition) is 2. The van der Waals surface area contributed by atoms with E-state index in [9.17, 15) is 0 Å². The molecule has 3 heteroatoms. The van der Waals surface area contributed by atoms with E-state index in [0.29, 0.717) is 5.92 Å². The van der Waals surface area contributed by atoms with Crippen molar-refractivity contribution in [1.29, 1.82) is 0 Å². The lowest BCUT2D eigenvalue weighted by molar-refractivity contribution is 0.688. The van der Waals surface area contributed by atoms with E-state index in [1.165, 1.54) is 16.7 Å². The van der Waals surface area contributed by atoms with Gasteiger partial charge in [-0.1, -0.05) is 38.1 Å². The Kier molecular flexibility index (Phi) is 3.82. The third kappa shape index (κ3) is 2.62. The van der Waals surface area contributed by atoms with E-state index in [1.54, 1.807) is 0 Å². The minimum atomic E-state index is 0.208. The summed E-state index contributed by atoms with van der Waals surface area (Å²) in [6.07, 6.45) is 3.97. The van der Waals surface area contributed by atoms with Crippen molar-refractivity contribution in [2.24, 2.45) is 7.05 Å². The second kappa shape index (κ2) is 5.36. The number of nitrogens with zero attached hydrogens (tertiary/aromatic N) is 2. The number of aryl methyl sites for hydroxylation is 1. The van der Waals surface area contributed by atoms with Gasteiger partial charge >= 0.3 is 0 Å². The molecule has 0 aliphatic rings. The molecule has 1 unspecified atom stereocenters. The summed E-state index contributed by atoms with van der Waals surface area (Å²) in [6, 6.07) is 9.02. The summed E-state index contributed by atoms with van der Waals surface area (Å²) in [7, 11) is 3.92. The van der Waals surface area contributed by atoms with Gasteiger partial charge in [-0.15, -0.1) is 0 Å². The Hall–Kier alpha value is -1.61. The molecule has 1 aromatic carbocycles. The zero-order valence-corrected chi connectivity index (χ0v) is 11.5. The van der Waals surface area contributed by atoms with Crippen molar-refractivity contribution in [2.45, 2.75) is 25.8 Å². The monoisotopic (exact) mass is 243 g/mol. The predicted molar refractivity (Wildman–Crippen MR) is 74.6 cm³/mol. The van der Waals surface area contributed by atoms with Crippen LogP contribution < -0.4 is 5.32 Å². The summed E-state index contributed by atoms with van der Waals surface area (Å²) < 4.78 is 1.84. The van der Waals surface area contributed by atoms with Crippen LogP contribution in [0.1, 0.15) is 42.5 Å². The predicted octanol–water partition coefficient (Wildman–Crippen LogP) is 2.85. The van der Waals surface area contributed by atoms with Crippen LogP contribution in [0.4, 0.5) is 0 Å². The fraction of sp³-hybridized carbons (Fsp3) is 0.400. The van der Waals surface area contributed by atoms with Gasteiger partial charge in [0.2, 0.25) is 0 Å². The molecule has 0 amide bonds. The molecule has 0 aliphatic carbocycles. The maximum Gasteiger partial charge on any atom is 0.0605 e. The van der Waals surface area contributed by atoms with E-state index >= 15 is 0 Å². The molecule has 2 aromatic rings. The van der Waals surface area contributed by atoms with Gasteiger partial charge in [-0.05, 0) is 24.1 Å². The van der Waals surface area contributed by atoms with Crippen molar-refractivity contribution in [3.05, 3.63) is 53.3 Å². The van der Waals surface area contributed by atoms with Gasteiger partial charge in [0.1, 0.15) is 0 Å². The van der Waals surface area contributed by atoms with Crippen LogP contribution in [0.25, 0.3) is 0 Å². The Morgan fingerprint density at radius 3 is 2.11 bits per heavy atom. The summed E-state index contributed by atoms with van der Waals surface area (Å²) in [6.45, 7) is 4.43. The Morgan fingerprint density at radius 2 is 1.67 bits per heavy atom. The lowest BCUT2D eigenvalue weighted by Crippen LogP contribution is -2.17. The third-order valence-corrected chi connectivity index (χ3v) is 3.28. The van der Waals surface area contributed by atoms with Gasteiger partial charge in [0, 0.05) is 18.8 Å². The van der Waals surface area contributed by atoms with Crippen LogP contribution in [0.15, 0.2) is 36.7 Å². The molecule has 0 radical (unpaired) electrons. The topological polar surface area (TPSA) is 29.9 Å². The molecule has 1 heterocycles. The van der Waals surface area contributed by atoms with Crippen molar-refractivity contribution >= 4 is 0 Å². The van der Waals surface area contributed by atoms with E-state index in [0.717, 1.165) is 0 Å². The summed E-state index contributed by atoms with van der Waals surface area (Å²) in [5, 5.41) is 7.58. The van der Waals surface area contributed by atoms with Crippen LogP contribution in [0.2, 0.25) is 0 Å². The van der Waals surface area contributed by atoms with Crippen LogP contribution in [0.3, 0.4) is 0 Å². The molecular weight excluding hydrogens is 222 g/mol. The van der Waals surface area contributed by atoms with Crippen molar-refractivity contribution < 1.29 is 0 Å². The molecule has 0 saturated carbocycles. The normalized spacial score (nSPS) is 12.9. The smallest absolute Gasteiger partial charge is 0.0605 e. The van der Waals surface area contributed by atoms with Gasteiger partial charge in [-0.2, -0.15) is 5.10 Å². The van der Waals surface area contributed by atoms with Gasteiger partial charge in [0.25, 0.3) is 0 Å². The van der Waals surface area contributed by atoms with Gasteiger partial charge in [0.05, 0.1) is 12.2 Å². The molecule has 1 atom stereocenters. The minimum absolute atomic E-state index is 0.208. The fourth-order valence-corrected chi connectivity index (χ4v) is 2.19. The Balaban J connectivity index is 2.28. The summed E-state index contributed by atoms with van der Waals surface area (Å²) in [5.41, 5.74) is 3.84. The molecule has 0 bridgehead atoms. The first kappa shape index (κ1) is 12.8. The van der Waals surface area contributed by atoms with Crippen LogP contribution >= 0.6 is 0 Å². The van der Waals surface area contributed by atoms with Crippen molar-refractivity contribution in [3.63, 3.8) is 0 Å². The molecule has 0 saturated heterocycles. The molecule has 1 N–H and O–H groups in total. The largest absolute Gasteiger partial charge is 0.309 e. The number of rotatable bonds is 4. The van der Waals surface area contributed by atoms with Crippen molar-refractivity contribution in [1.82, 2.24) is 15.1 Å². The first-order chi connectivity index (χ1) is 8.61. The maximum absolute atomic E-state index is 4.23. The lowest BCUT2D eigenvalue weighted by Gasteiger charge is -2.16. The zero-order valence-electron chi connectivity index (χ0n) is 11.5. The number of benzene rings is 1. The molecule has 18 heavy (non-hydrogen) atoms. The summed E-state index contributed by atoms with van der Waals surface area (Å²) in [5.74, 6) is 0.575. The maximum atomic E-state index is 4.23. The number of aromatic nitrogens is 2. The summed E-state index contributed by atoms with van der Waals surface area (Å²) >= 11 is 0. The van der Waals surface area contributed by atoms with Gasteiger partial charge in [-0.3, -0.25) is 4.68 Å². The second-order valence-corrected chi connectivity index (χ2v) is 4.99. The average Bonchev–Trinajstić information content (AvgIpc) is 2.77. The van der Waals surface area contributed by atoms with Crippen LogP contribution in [0.5, 0.6) is 0 Å². The molecule has 0 fully saturated rings. The fourth-order valence-electron chi connectivity index (χ4n) is 2.19.